The van der Waals surface area contributed by atoms with Crippen molar-refractivity contribution in [2.24, 2.45) is 5.41 Å². The molecule has 2 aliphatic rings. The summed E-state index contributed by atoms with van der Waals surface area (Å²) in [6.45, 7) is 3.20. The first-order valence-electron chi connectivity index (χ1n) is 9.66. The molecule has 0 radical (unpaired) electrons. The quantitative estimate of drug-likeness (QED) is 0.727. The summed E-state index contributed by atoms with van der Waals surface area (Å²) < 4.78 is 10.1. The number of carbonyl (C=O) groups excluding carboxylic acids is 3. The molecular weight excluding hydrogens is 362 g/mol. The van der Waals surface area contributed by atoms with E-state index in [9.17, 15) is 14.4 Å². The second-order valence-electron chi connectivity index (χ2n) is 7.20. The maximum Gasteiger partial charge on any atom is 0.409 e. The van der Waals surface area contributed by atoms with Crippen molar-refractivity contribution < 1.29 is 23.9 Å². The molecule has 8 nitrogen and oxygen atoms in total. The van der Waals surface area contributed by atoms with Crippen molar-refractivity contribution in [1.82, 2.24) is 10.2 Å². The lowest BCUT2D eigenvalue weighted by Gasteiger charge is -2.32. The molecule has 3 rings (SSSR count). The van der Waals surface area contributed by atoms with Gasteiger partial charge in [0.25, 0.3) is 0 Å². The number of benzene rings is 1. The first-order valence-corrected chi connectivity index (χ1v) is 9.66. The Morgan fingerprint density at radius 1 is 1.11 bits per heavy atom. The highest BCUT2D eigenvalue weighted by Gasteiger charge is 2.56. The number of nitrogens with one attached hydrogen (secondary N) is 2. The lowest BCUT2D eigenvalue weighted by molar-refractivity contribution is -0.135. The van der Waals surface area contributed by atoms with Crippen LogP contribution in [0.1, 0.15) is 32.6 Å². The van der Waals surface area contributed by atoms with Crippen molar-refractivity contribution >= 4 is 23.6 Å². The fourth-order valence-electron chi connectivity index (χ4n) is 3.35. The van der Waals surface area contributed by atoms with Crippen LogP contribution in [-0.2, 0) is 14.3 Å². The van der Waals surface area contributed by atoms with Gasteiger partial charge in [-0.3, -0.25) is 9.59 Å². The molecule has 1 saturated heterocycles. The highest BCUT2D eigenvalue weighted by atomic mass is 16.6. The van der Waals surface area contributed by atoms with E-state index >= 15 is 0 Å². The Hall–Kier alpha value is -2.77. The zero-order valence-electron chi connectivity index (χ0n) is 16.3. The van der Waals surface area contributed by atoms with E-state index < -0.39 is 5.41 Å². The molecule has 1 heterocycles. The molecule has 8 heteroatoms. The first-order chi connectivity index (χ1) is 13.5. The van der Waals surface area contributed by atoms with Gasteiger partial charge in [-0.1, -0.05) is 0 Å². The minimum absolute atomic E-state index is 0.0376. The number of likely N-dealkylation sites (tertiary alicyclic amines) is 1. The topological polar surface area (TPSA) is 97.0 Å². The number of methoxy groups -OCH3 is 1. The van der Waals surface area contributed by atoms with Crippen LogP contribution in [-0.4, -0.2) is 55.7 Å². The molecule has 152 valence electrons. The molecule has 0 atom stereocenters. The molecule has 1 aliphatic heterocycles. The Bertz CT molecular complexity index is 722. The maximum absolute atomic E-state index is 12.7. The van der Waals surface area contributed by atoms with Crippen molar-refractivity contribution in [2.75, 3.05) is 32.1 Å². The monoisotopic (exact) mass is 389 g/mol. The van der Waals surface area contributed by atoms with Gasteiger partial charge in [0.1, 0.15) is 11.2 Å². The molecule has 2 fully saturated rings. The minimum Gasteiger partial charge on any atom is -0.497 e. The molecular formula is C20H27N3O5. The predicted octanol–water partition coefficient (Wildman–Crippen LogP) is 2.15. The van der Waals surface area contributed by atoms with Crippen LogP contribution in [0.4, 0.5) is 10.5 Å². The highest BCUT2D eigenvalue weighted by Crippen LogP contribution is 2.47. The van der Waals surface area contributed by atoms with Crippen molar-refractivity contribution in [3.05, 3.63) is 24.3 Å². The van der Waals surface area contributed by atoms with Crippen LogP contribution in [0.2, 0.25) is 0 Å². The Morgan fingerprint density at radius 3 is 2.29 bits per heavy atom. The minimum atomic E-state index is -0.988. The molecule has 3 amide bonds. The summed E-state index contributed by atoms with van der Waals surface area (Å²) in [6, 6.07) is 6.97. The standard InChI is InChI=1S/C20H27N3O5/c1-3-28-19(26)23-12-8-15(9-13-23)22-18(25)20(10-11-20)17(24)21-14-4-6-16(27-2)7-5-14/h4-7,15H,3,8-13H2,1-2H3,(H,21,24)(H,22,25). The van der Waals surface area contributed by atoms with Gasteiger partial charge in [-0.2, -0.15) is 0 Å². The summed E-state index contributed by atoms with van der Waals surface area (Å²) in [5, 5.41) is 5.82. The van der Waals surface area contributed by atoms with E-state index in [2.05, 4.69) is 10.6 Å². The molecule has 2 N–H and O–H groups in total. The third kappa shape index (κ3) is 4.37. The fraction of sp³-hybridized carbons (Fsp3) is 0.550. The number of carbonyl (C=O) groups is 3. The normalized spacial score (nSPS) is 18.1. The van der Waals surface area contributed by atoms with Gasteiger partial charge in [-0.25, -0.2) is 4.79 Å². The van der Waals surface area contributed by atoms with Crippen LogP contribution in [0.3, 0.4) is 0 Å². The van der Waals surface area contributed by atoms with Crippen molar-refractivity contribution in [3.8, 4) is 5.75 Å². The van der Waals surface area contributed by atoms with Gasteiger partial charge in [-0.05, 0) is 56.9 Å². The summed E-state index contributed by atoms with van der Waals surface area (Å²) in [5.74, 6) is 0.193. The second kappa shape index (κ2) is 8.50. The van der Waals surface area contributed by atoms with Gasteiger partial charge >= 0.3 is 6.09 Å². The van der Waals surface area contributed by atoms with E-state index in [4.69, 9.17) is 9.47 Å². The van der Waals surface area contributed by atoms with Crippen LogP contribution in [0.15, 0.2) is 24.3 Å². The Labute approximate surface area is 164 Å². The second-order valence-corrected chi connectivity index (χ2v) is 7.20. The van der Waals surface area contributed by atoms with Gasteiger partial charge in [0.05, 0.1) is 13.7 Å². The van der Waals surface area contributed by atoms with E-state index in [1.165, 1.54) is 0 Å². The van der Waals surface area contributed by atoms with E-state index in [0.29, 0.717) is 56.8 Å². The average molecular weight is 389 g/mol. The smallest absolute Gasteiger partial charge is 0.409 e. The summed E-state index contributed by atoms with van der Waals surface area (Å²) >= 11 is 0. The largest absolute Gasteiger partial charge is 0.497 e. The van der Waals surface area contributed by atoms with E-state index in [0.717, 1.165) is 0 Å². The predicted molar refractivity (Wildman–Crippen MR) is 103 cm³/mol. The van der Waals surface area contributed by atoms with Crippen LogP contribution in [0.25, 0.3) is 0 Å². The van der Waals surface area contributed by atoms with Crippen molar-refractivity contribution in [1.29, 1.82) is 0 Å². The van der Waals surface area contributed by atoms with Crippen LogP contribution in [0.5, 0.6) is 5.75 Å². The van der Waals surface area contributed by atoms with Crippen LogP contribution < -0.4 is 15.4 Å². The molecule has 0 unspecified atom stereocenters. The molecule has 1 saturated carbocycles. The number of rotatable bonds is 6. The van der Waals surface area contributed by atoms with Gasteiger partial charge in [0, 0.05) is 24.8 Å². The lowest BCUT2D eigenvalue weighted by Crippen LogP contribution is -2.50. The summed E-state index contributed by atoms with van der Waals surface area (Å²) in [6.07, 6.45) is 2.08. The van der Waals surface area contributed by atoms with Crippen molar-refractivity contribution in [3.63, 3.8) is 0 Å². The highest BCUT2D eigenvalue weighted by molar-refractivity contribution is 6.13. The van der Waals surface area contributed by atoms with E-state index in [1.807, 2.05) is 0 Å². The molecule has 1 aromatic rings. The summed E-state index contributed by atoms with van der Waals surface area (Å²) in [4.78, 5) is 38.8. The van der Waals surface area contributed by atoms with Crippen LogP contribution >= 0.6 is 0 Å². The Morgan fingerprint density at radius 2 is 1.75 bits per heavy atom. The number of hydrogen-bond donors (Lipinski definition) is 2. The molecule has 28 heavy (non-hydrogen) atoms. The zero-order valence-corrected chi connectivity index (χ0v) is 16.3. The van der Waals surface area contributed by atoms with E-state index in [-0.39, 0.29) is 23.9 Å². The average Bonchev–Trinajstić information content (AvgIpc) is 3.51. The molecule has 0 spiro atoms. The Balaban J connectivity index is 1.51. The van der Waals surface area contributed by atoms with Gasteiger partial charge in [0.15, 0.2) is 0 Å². The number of piperidine rings is 1. The van der Waals surface area contributed by atoms with Gasteiger partial charge < -0.3 is 25.0 Å². The number of hydrogen-bond acceptors (Lipinski definition) is 5. The third-order valence-corrected chi connectivity index (χ3v) is 5.32. The Kier molecular flexibility index (Phi) is 6.06. The van der Waals surface area contributed by atoms with Gasteiger partial charge in [-0.15, -0.1) is 0 Å². The molecule has 1 aliphatic carbocycles. The van der Waals surface area contributed by atoms with Crippen molar-refractivity contribution in [2.45, 2.75) is 38.6 Å². The maximum atomic E-state index is 12.7. The molecule has 1 aromatic carbocycles. The number of anilines is 1. The fourth-order valence-corrected chi connectivity index (χ4v) is 3.35. The number of nitrogens with zero attached hydrogens (tertiary/aromatic N) is 1. The lowest BCUT2D eigenvalue weighted by atomic mass is 10.0. The van der Waals surface area contributed by atoms with Gasteiger partial charge in [0.2, 0.25) is 11.8 Å². The first kappa shape index (κ1) is 20.0. The number of amides is 3. The summed E-state index contributed by atoms with van der Waals surface area (Å²) in [5.41, 5.74) is -0.356. The SMILES string of the molecule is CCOC(=O)N1CCC(NC(=O)C2(C(=O)Nc3ccc(OC)cc3)CC2)CC1. The molecule has 0 aromatic heterocycles. The summed E-state index contributed by atoms with van der Waals surface area (Å²) in [7, 11) is 1.58. The van der Waals surface area contributed by atoms with E-state index in [1.54, 1.807) is 43.2 Å². The zero-order chi connectivity index (χ0) is 20.1. The van der Waals surface area contributed by atoms with Crippen LogP contribution in [0, 0.1) is 5.41 Å². The number of ether oxygens (including phenoxy) is 2. The third-order valence-electron chi connectivity index (χ3n) is 5.32. The molecule has 0 bridgehead atoms.